The minimum Gasteiger partial charge on any atom is -0.354 e. The maximum atomic E-state index is 12.1. The molecule has 2 rings (SSSR count). The number of nitrogens with zero attached hydrogens (tertiary/aromatic N) is 2. The van der Waals surface area contributed by atoms with Crippen molar-refractivity contribution >= 4 is 5.91 Å². The molecule has 0 radical (unpaired) electrons. The van der Waals surface area contributed by atoms with Crippen molar-refractivity contribution in [3.8, 4) is 0 Å². The molecule has 3 N–H and O–H groups in total. The molecule has 0 aliphatic heterocycles. The molecule has 1 atom stereocenters. The van der Waals surface area contributed by atoms with Gasteiger partial charge in [-0.3, -0.25) is 9.48 Å². The fourth-order valence-corrected chi connectivity index (χ4v) is 2.38. The van der Waals surface area contributed by atoms with Gasteiger partial charge in [-0.1, -0.05) is 29.8 Å². The number of nitrogens with two attached hydrogens (primary N) is 1. The summed E-state index contributed by atoms with van der Waals surface area (Å²) in [5.74, 6) is -0.141. The van der Waals surface area contributed by atoms with E-state index < -0.39 is 6.04 Å². The average Bonchev–Trinajstić information content (AvgIpc) is 2.81. The summed E-state index contributed by atoms with van der Waals surface area (Å²) in [6.45, 7) is 7.41. The van der Waals surface area contributed by atoms with Gasteiger partial charge < -0.3 is 11.1 Å². The Morgan fingerprint density at radius 2 is 1.95 bits per heavy atom. The standard InChI is InChI=1S/C17H24N4O/c1-12-5-7-15(8-6-12)16(18)17(22)19-9-4-10-21-14(3)11-13(2)20-21/h5-8,11,16H,4,9-10,18H2,1-3H3,(H,19,22). The van der Waals surface area contributed by atoms with Crippen molar-refractivity contribution in [3.63, 3.8) is 0 Å². The molecule has 0 bridgehead atoms. The lowest BCUT2D eigenvalue weighted by Gasteiger charge is -2.13. The molecule has 1 unspecified atom stereocenters. The van der Waals surface area contributed by atoms with Crippen LogP contribution in [0.25, 0.3) is 0 Å². The molecule has 0 saturated carbocycles. The highest BCUT2D eigenvalue weighted by molar-refractivity contribution is 5.82. The summed E-state index contributed by atoms with van der Waals surface area (Å²) in [4.78, 5) is 12.1. The van der Waals surface area contributed by atoms with E-state index in [2.05, 4.69) is 10.4 Å². The molecule has 0 saturated heterocycles. The maximum absolute atomic E-state index is 12.1. The Morgan fingerprint density at radius 3 is 2.55 bits per heavy atom. The van der Waals surface area contributed by atoms with Crippen molar-refractivity contribution in [1.82, 2.24) is 15.1 Å². The Labute approximate surface area is 131 Å². The first-order chi connectivity index (χ1) is 10.5. The summed E-state index contributed by atoms with van der Waals surface area (Å²) in [5.41, 5.74) is 10.1. The number of carbonyl (C=O) groups is 1. The van der Waals surface area contributed by atoms with Crippen molar-refractivity contribution in [2.24, 2.45) is 5.73 Å². The van der Waals surface area contributed by atoms with Gasteiger partial charge in [0.05, 0.1) is 5.69 Å². The van der Waals surface area contributed by atoms with E-state index in [9.17, 15) is 4.79 Å². The van der Waals surface area contributed by atoms with Crippen LogP contribution in [0.4, 0.5) is 0 Å². The third-order valence-corrected chi connectivity index (χ3v) is 3.67. The Kier molecular flexibility index (Phi) is 5.33. The van der Waals surface area contributed by atoms with Crippen molar-refractivity contribution in [2.45, 2.75) is 39.8 Å². The average molecular weight is 300 g/mol. The minimum atomic E-state index is -0.616. The lowest BCUT2D eigenvalue weighted by molar-refractivity contribution is -0.122. The lowest BCUT2D eigenvalue weighted by Crippen LogP contribution is -2.35. The minimum absolute atomic E-state index is 0.141. The Morgan fingerprint density at radius 1 is 1.27 bits per heavy atom. The molecule has 22 heavy (non-hydrogen) atoms. The number of hydrogen-bond acceptors (Lipinski definition) is 3. The molecular weight excluding hydrogens is 276 g/mol. The van der Waals surface area contributed by atoms with Gasteiger partial charge in [0.15, 0.2) is 0 Å². The van der Waals surface area contributed by atoms with Crippen LogP contribution in [0.15, 0.2) is 30.3 Å². The van der Waals surface area contributed by atoms with E-state index in [1.54, 1.807) is 0 Å². The zero-order chi connectivity index (χ0) is 16.1. The summed E-state index contributed by atoms with van der Waals surface area (Å²) < 4.78 is 1.96. The molecule has 0 aliphatic carbocycles. The monoisotopic (exact) mass is 300 g/mol. The normalized spacial score (nSPS) is 12.2. The number of benzene rings is 1. The summed E-state index contributed by atoms with van der Waals surface area (Å²) >= 11 is 0. The number of aryl methyl sites for hydroxylation is 4. The molecule has 0 aliphatic rings. The van der Waals surface area contributed by atoms with Crippen LogP contribution >= 0.6 is 0 Å². The fourth-order valence-electron chi connectivity index (χ4n) is 2.38. The van der Waals surface area contributed by atoms with Crippen LogP contribution in [0.2, 0.25) is 0 Å². The van der Waals surface area contributed by atoms with Gasteiger partial charge in [0.2, 0.25) is 5.91 Å². The van der Waals surface area contributed by atoms with Gasteiger partial charge >= 0.3 is 0 Å². The SMILES string of the molecule is Cc1ccc(C(N)C(=O)NCCCn2nc(C)cc2C)cc1. The van der Waals surface area contributed by atoms with E-state index in [0.29, 0.717) is 6.54 Å². The molecule has 2 aromatic rings. The third kappa shape index (κ3) is 4.18. The van der Waals surface area contributed by atoms with Crippen molar-refractivity contribution in [3.05, 3.63) is 52.8 Å². The van der Waals surface area contributed by atoms with E-state index in [4.69, 9.17) is 5.73 Å². The molecule has 5 heteroatoms. The number of amides is 1. The van der Waals surface area contributed by atoms with Crippen LogP contribution in [0.5, 0.6) is 0 Å². The second-order valence-corrected chi connectivity index (χ2v) is 5.68. The lowest BCUT2D eigenvalue weighted by atomic mass is 10.1. The highest BCUT2D eigenvalue weighted by Gasteiger charge is 2.14. The Hall–Kier alpha value is -2.14. The van der Waals surface area contributed by atoms with Crippen molar-refractivity contribution in [1.29, 1.82) is 0 Å². The first-order valence-electron chi connectivity index (χ1n) is 7.58. The molecule has 1 amide bonds. The topological polar surface area (TPSA) is 72.9 Å². The van der Waals surface area contributed by atoms with Crippen LogP contribution < -0.4 is 11.1 Å². The van der Waals surface area contributed by atoms with E-state index >= 15 is 0 Å². The van der Waals surface area contributed by atoms with Gasteiger partial charge in [-0.25, -0.2) is 0 Å². The van der Waals surface area contributed by atoms with Gasteiger partial charge in [0, 0.05) is 18.8 Å². The molecule has 1 aromatic heterocycles. The molecular formula is C17H24N4O. The zero-order valence-electron chi connectivity index (χ0n) is 13.5. The van der Waals surface area contributed by atoms with Crippen molar-refractivity contribution < 1.29 is 4.79 Å². The van der Waals surface area contributed by atoms with Gasteiger partial charge in [-0.05, 0) is 38.8 Å². The fraction of sp³-hybridized carbons (Fsp3) is 0.412. The van der Waals surface area contributed by atoms with Gasteiger partial charge in [0.25, 0.3) is 0 Å². The first kappa shape index (κ1) is 16.2. The summed E-state index contributed by atoms with van der Waals surface area (Å²) in [6.07, 6.45) is 0.828. The van der Waals surface area contributed by atoms with Crippen LogP contribution in [0.1, 0.15) is 35.0 Å². The molecule has 118 valence electrons. The number of nitrogens with one attached hydrogen (secondary N) is 1. The Balaban J connectivity index is 1.77. The van der Waals surface area contributed by atoms with Gasteiger partial charge in [-0.15, -0.1) is 0 Å². The van der Waals surface area contributed by atoms with E-state index in [0.717, 1.165) is 35.5 Å². The van der Waals surface area contributed by atoms with Gasteiger partial charge in [0.1, 0.15) is 6.04 Å². The van der Waals surface area contributed by atoms with Crippen LogP contribution in [0, 0.1) is 20.8 Å². The first-order valence-corrected chi connectivity index (χ1v) is 7.58. The third-order valence-electron chi connectivity index (χ3n) is 3.67. The smallest absolute Gasteiger partial charge is 0.241 e. The maximum Gasteiger partial charge on any atom is 0.241 e. The van der Waals surface area contributed by atoms with E-state index in [1.165, 1.54) is 0 Å². The summed E-state index contributed by atoms with van der Waals surface area (Å²) in [5, 5.41) is 7.28. The molecule has 0 fully saturated rings. The van der Waals surface area contributed by atoms with E-state index in [-0.39, 0.29) is 5.91 Å². The second-order valence-electron chi connectivity index (χ2n) is 5.68. The highest BCUT2D eigenvalue weighted by atomic mass is 16.2. The Bertz CT molecular complexity index is 631. The van der Waals surface area contributed by atoms with Crippen molar-refractivity contribution in [2.75, 3.05) is 6.54 Å². The number of aromatic nitrogens is 2. The quantitative estimate of drug-likeness (QED) is 0.802. The van der Waals surface area contributed by atoms with E-state index in [1.807, 2.05) is 55.8 Å². The summed E-state index contributed by atoms with van der Waals surface area (Å²) in [6, 6.07) is 9.15. The van der Waals surface area contributed by atoms with Crippen LogP contribution in [0.3, 0.4) is 0 Å². The highest BCUT2D eigenvalue weighted by Crippen LogP contribution is 2.11. The second kappa shape index (κ2) is 7.22. The van der Waals surface area contributed by atoms with Crippen LogP contribution in [-0.4, -0.2) is 22.2 Å². The molecule has 1 heterocycles. The number of hydrogen-bond donors (Lipinski definition) is 2. The zero-order valence-corrected chi connectivity index (χ0v) is 13.5. The molecule has 1 aromatic carbocycles. The predicted octanol–water partition coefficient (Wildman–Crippen LogP) is 2.01. The largest absolute Gasteiger partial charge is 0.354 e. The number of rotatable bonds is 6. The predicted molar refractivity (Wildman–Crippen MR) is 87.4 cm³/mol. The number of carbonyl (C=O) groups excluding carboxylic acids is 1. The summed E-state index contributed by atoms with van der Waals surface area (Å²) in [7, 11) is 0. The molecule has 0 spiro atoms. The van der Waals surface area contributed by atoms with Gasteiger partial charge in [-0.2, -0.15) is 5.10 Å². The van der Waals surface area contributed by atoms with Crippen LogP contribution in [-0.2, 0) is 11.3 Å². The molecule has 5 nitrogen and oxygen atoms in total.